The highest BCUT2D eigenvalue weighted by atomic mass is 35.5. The predicted molar refractivity (Wildman–Crippen MR) is 122 cm³/mol. The van der Waals surface area contributed by atoms with Crippen LogP contribution in [0.3, 0.4) is 0 Å². The number of aryl methyl sites for hydroxylation is 1. The SMILES string of the molecule is Cc1cc2c(-c3ccnc(-c4cccc(N)c4-c4cccc(Cl)c4)n3)ccnc2[nH]1. The van der Waals surface area contributed by atoms with Gasteiger partial charge in [-0.25, -0.2) is 15.0 Å². The summed E-state index contributed by atoms with van der Waals surface area (Å²) in [5.41, 5.74) is 13.4. The molecule has 5 nitrogen and oxygen atoms in total. The van der Waals surface area contributed by atoms with Gasteiger partial charge in [0, 0.05) is 50.9 Å². The Kier molecular flexibility index (Phi) is 4.45. The maximum Gasteiger partial charge on any atom is 0.160 e. The molecule has 0 aliphatic rings. The van der Waals surface area contributed by atoms with E-state index < -0.39 is 0 Å². The number of anilines is 1. The number of hydrogen-bond donors (Lipinski definition) is 2. The fourth-order valence-corrected chi connectivity index (χ4v) is 3.93. The number of halogens is 1. The summed E-state index contributed by atoms with van der Waals surface area (Å²) in [6.45, 7) is 2.01. The zero-order valence-corrected chi connectivity index (χ0v) is 17.0. The number of aromatic nitrogens is 4. The minimum Gasteiger partial charge on any atom is -0.398 e. The fourth-order valence-electron chi connectivity index (χ4n) is 3.74. The molecule has 146 valence electrons. The molecule has 0 saturated heterocycles. The van der Waals surface area contributed by atoms with E-state index in [1.54, 1.807) is 12.4 Å². The number of H-pyrrole nitrogens is 1. The topological polar surface area (TPSA) is 80.5 Å². The van der Waals surface area contributed by atoms with Gasteiger partial charge in [-0.15, -0.1) is 0 Å². The van der Waals surface area contributed by atoms with Crippen LogP contribution in [-0.4, -0.2) is 19.9 Å². The number of nitrogens with one attached hydrogen (secondary N) is 1. The Morgan fingerprint density at radius 3 is 2.60 bits per heavy atom. The van der Waals surface area contributed by atoms with Gasteiger partial charge >= 0.3 is 0 Å². The first kappa shape index (κ1) is 18.3. The third-order valence-electron chi connectivity index (χ3n) is 5.05. The lowest BCUT2D eigenvalue weighted by molar-refractivity contribution is 1.18. The van der Waals surface area contributed by atoms with Crippen molar-refractivity contribution in [3.05, 3.63) is 83.8 Å². The molecule has 0 spiro atoms. The van der Waals surface area contributed by atoms with E-state index in [-0.39, 0.29) is 0 Å². The van der Waals surface area contributed by atoms with E-state index in [0.29, 0.717) is 16.5 Å². The van der Waals surface area contributed by atoms with E-state index in [1.165, 1.54) is 0 Å². The number of hydrogen-bond acceptors (Lipinski definition) is 4. The number of benzene rings is 2. The molecule has 0 amide bonds. The summed E-state index contributed by atoms with van der Waals surface area (Å²) in [6, 6.07) is 19.4. The van der Waals surface area contributed by atoms with Gasteiger partial charge in [0.25, 0.3) is 0 Å². The van der Waals surface area contributed by atoms with Crippen LogP contribution in [0.4, 0.5) is 5.69 Å². The normalized spacial score (nSPS) is 11.1. The first-order chi connectivity index (χ1) is 14.6. The summed E-state index contributed by atoms with van der Waals surface area (Å²) in [4.78, 5) is 17.1. The average molecular weight is 412 g/mol. The first-order valence-corrected chi connectivity index (χ1v) is 9.90. The second kappa shape index (κ2) is 7.28. The molecule has 3 aromatic heterocycles. The van der Waals surface area contributed by atoms with Crippen LogP contribution in [0, 0.1) is 6.92 Å². The Morgan fingerprint density at radius 1 is 0.900 bits per heavy atom. The molecule has 0 aliphatic heterocycles. The summed E-state index contributed by atoms with van der Waals surface area (Å²) < 4.78 is 0. The Bertz CT molecular complexity index is 1390. The van der Waals surface area contributed by atoms with Gasteiger partial charge in [-0.3, -0.25) is 0 Å². The summed E-state index contributed by atoms with van der Waals surface area (Å²) in [6.07, 6.45) is 3.56. The molecule has 0 bridgehead atoms. The van der Waals surface area contributed by atoms with Crippen LogP contribution in [0.1, 0.15) is 5.69 Å². The molecule has 0 radical (unpaired) electrons. The maximum absolute atomic E-state index is 6.36. The van der Waals surface area contributed by atoms with Gasteiger partial charge in [0.2, 0.25) is 0 Å². The lowest BCUT2D eigenvalue weighted by Gasteiger charge is -2.13. The molecule has 0 atom stereocenters. The molecule has 30 heavy (non-hydrogen) atoms. The lowest BCUT2D eigenvalue weighted by Crippen LogP contribution is -1.97. The van der Waals surface area contributed by atoms with E-state index in [0.717, 1.165) is 44.7 Å². The highest BCUT2D eigenvalue weighted by Gasteiger charge is 2.15. The molecule has 5 rings (SSSR count). The summed E-state index contributed by atoms with van der Waals surface area (Å²) in [7, 11) is 0. The second-order valence-electron chi connectivity index (χ2n) is 7.12. The summed E-state index contributed by atoms with van der Waals surface area (Å²) >= 11 is 6.23. The van der Waals surface area contributed by atoms with Gasteiger partial charge in [-0.1, -0.05) is 35.9 Å². The lowest BCUT2D eigenvalue weighted by atomic mass is 9.97. The molecule has 3 N–H and O–H groups in total. The molecule has 0 unspecified atom stereocenters. The smallest absolute Gasteiger partial charge is 0.160 e. The molecule has 5 aromatic rings. The van der Waals surface area contributed by atoms with Crippen LogP contribution in [0.15, 0.2) is 73.1 Å². The maximum atomic E-state index is 6.36. The van der Waals surface area contributed by atoms with Crippen LogP contribution in [0.25, 0.3) is 44.8 Å². The number of rotatable bonds is 3. The molecule has 6 heteroatoms. The Morgan fingerprint density at radius 2 is 1.73 bits per heavy atom. The number of nitrogens with zero attached hydrogens (tertiary/aromatic N) is 3. The minimum absolute atomic E-state index is 0.604. The minimum atomic E-state index is 0.604. The van der Waals surface area contributed by atoms with Crippen LogP contribution < -0.4 is 5.73 Å². The zero-order valence-electron chi connectivity index (χ0n) is 16.2. The molecular weight excluding hydrogens is 394 g/mol. The largest absolute Gasteiger partial charge is 0.398 e. The predicted octanol–water partition coefficient (Wildman–Crippen LogP) is 5.90. The Labute approximate surface area is 178 Å². The van der Waals surface area contributed by atoms with Gasteiger partial charge < -0.3 is 10.7 Å². The first-order valence-electron chi connectivity index (χ1n) is 9.53. The third-order valence-corrected chi connectivity index (χ3v) is 5.28. The van der Waals surface area contributed by atoms with Crippen molar-refractivity contribution in [3.8, 4) is 33.8 Å². The highest BCUT2D eigenvalue weighted by molar-refractivity contribution is 6.30. The van der Waals surface area contributed by atoms with E-state index in [4.69, 9.17) is 22.3 Å². The van der Waals surface area contributed by atoms with Gasteiger partial charge in [0.1, 0.15) is 5.65 Å². The van der Waals surface area contributed by atoms with Crippen LogP contribution in [-0.2, 0) is 0 Å². The van der Waals surface area contributed by atoms with Gasteiger partial charge in [0.05, 0.1) is 5.69 Å². The van der Waals surface area contributed by atoms with Crippen molar-refractivity contribution in [2.24, 2.45) is 0 Å². The Hall–Kier alpha value is -3.70. The second-order valence-corrected chi connectivity index (χ2v) is 7.56. The molecule has 0 aliphatic carbocycles. The van der Waals surface area contributed by atoms with Crippen molar-refractivity contribution in [2.75, 3.05) is 5.73 Å². The van der Waals surface area contributed by atoms with Crippen LogP contribution in [0.5, 0.6) is 0 Å². The van der Waals surface area contributed by atoms with Gasteiger partial charge in [-0.2, -0.15) is 0 Å². The average Bonchev–Trinajstić information content (AvgIpc) is 3.14. The quantitative estimate of drug-likeness (QED) is 0.362. The van der Waals surface area contributed by atoms with Crippen molar-refractivity contribution in [1.29, 1.82) is 0 Å². The monoisotopic (exact) mass is 411 g/mol. The molecule has 0 saturated carbocycles. The van der Waals surface area contributed by atoms with Crippen molar-refractivity contribution >= 4 is 28.3 Å². The number of fused-ring (bicyclic) bond motifs is 1. The highest BCUT2D eigenvalue weighted by Crippen LogP contribution is 2.37. The number of nitrogen functional groups attached to an aromatic ring is 1. The molecular formula is C24H18ClN5. The molecule has 3 heterocycles. The van der Waals surface area contributed by atoms with Gasteiger partial charge in [0.15, 0.2) is 5.82 Å². The van der Waals surface area contributed by atoms with Crippen LogP contribution >= 0.6 is 11.6 Å². The summed E-state index contributed by atoms with van der Waals surface area (Å²) in [5, 5.41) is 1.68. The van der Waals surface area contributed by atoms with Crippen molar-refractivity contribution in [3.63, 3.8) is 0 Å². The van der Waals surface area contributed by atoms with E-state index in [2.05, 4.69) is 21.0 Å². The third kappa shape index (κ3) is 3.19. The Balaban J connectivity index is 1.70. The van der Waals surface area contributed by atoms with Gasteiger partial charge in [-0.05, 0) is 48.9 Å². The van der Waals surface area contributed by atoms with E-state index in [9.17, 15) is 0 Å². The number of pyridine rings is 1. The zero-order chi connectivity index (χ0) is 20.7. The number of aromatic amines is 1. The fraction of sp³-hybridized carbons (Fsp3) is 0.0417. The molecule has 2 aromatic carbocycles. The number of nitrogens with two attached hydrogens (primary N) is 1. The molecule has 0 fully saturated rings. The van der Waals surface area contributed by atoms with Crippen molar-refractivity contribution < 1.29 is 0 Å². The van der Waals surface area contributed by atoms with Crippen LogP contribution in [0.2, 0.25) is 5.02 Å². The van der Waals surface area contributed by atoms with Crippen molar-refractivity contribution in [1.82, 2.24) is 19.9 Å². The van der Waals surface area contributed by atoms with E-state index >= 15 is 0 Å². The van der Waals surface area contributed by atoms with Crippen molar-refractivity contribution in [2.45, 2.75) is 6.92 Å². The summed E-state index contributed by atoms with van der Waals surface area (Å²) in [5.74, 6) is 0.604. The standard InChI is InChI=1S/C24H18ClN5/c1-14-12-19-17(8-10-27-24(19)29-14)21-9-11-28-23(30-21)18-6-3-7-20(26)22(18)15-4-2-5-16(25)13-15/h2-13H,26H2,1H3,(H,27,29). The van der Waals surface area contributed by atoms with E-state index in [1.807, 2.05) is 61.5 Å².